The van der Waals surface area contributed by atoms with E-state index in [0.717, 1.165) is 0 Å². The predicted octanol–water partition coefficient (Wildman–Crippen LogP) is 0.578. The van der Waals surface area contributed by atoms with Crippen molar-refractivity contribution in [3.63, 3.8) is 0 Å². The van der Waals surface area contributed by atoms with Gasteiger partial charge < -0.3 is 10.6 Å². The quantitative estimate of drug-likeness (QED) is 0.468. The van der Waals surface area contributed by atoms with Crippen LogP contribution in [0, 0.1) is 0 Å². The fourth-order valence-corrected chi connectivity index (χ4v) is 2.70. The van der Waals surface area contributed by atoms with Crippen LogP contribution in [0.25, 0.3) is 0 Å². The summed E-state index contributed by atoms with van der Waals surface area (Å²) in [7, 11) is -0.208. The Morgan fingerprint density at radius 3 is 1.75 bits per heavy atom. The lowest BCUT2D eigenvalue weighted by Gasteiger charge is -2.23. The molecule has 0 unspecified atom stereocenters. The van der Waals surface area contributed by atoms with Gasteiger partial charge >= 0.3 is 0 Å². The molecule has 0 fully saturated rings. The molecule has 0 saturated carbocycles. The standard InChI is InChI=1S/C9H22N2Si/c1-6-12-9(10-7(2)3)11-8(4)5/h6-11H,1,12H2,2-5H3. The maximum absolute atomic E-state index is 3.80. The third kappa shape index (κ3) is 6.58. The monoisotopic (exact) mass is 186 g/mol. The van der Waals surface area contributed by atoms with E-state index < -0.39 is 0 Å². The predicted molar refractivity (Wildman–Crippen MR) is 59.1 cm³/mol. The van der Waals surface area contributed by atoms with Gasteiger partial charge in [-0.25, -0.2) is 0 Å². The zero-order chi connectivity index (χ0) is 9.56. The fraction of sp³-hybridized carbons (Fsp3) is 0.778. The highest BCUT2D eigenvalue weighted by Gasteiger charge is 2.08. The lowest BCUT2D eigenvalue weighted by molar-refractivity contribution is 0.450. The molecule has 0 aliphatic carbocycles. The van der Waals surface area contributed by atoms with Crippen molar-refractivity contribution in [2.24, 2.45) is 0 Å². The first-order valence-electron chi connectivity index (χ1n) is 4.69. The van der Waals surface area contributed by atoms with Gasteiger partial charge in [-0.1, -0.05) is 0 Å². The van der Waals surface area contributed by atoms with E-state index in [1.54, 1.807) is 0 Å². The van der Waals surface area contributed by atoms with E-state index in [-0.39, 0.29) is 9.52 Å². The Morgan fingerprint density at radius 2 is 1.50 bits per heavy atom. The van der Waals surface area contributed by atoms with Crippen molar-refractivity contribution >= 4 is 9.52 Å². The number of hydrogen-bond donors (Lipinski definition) is 2. The average Bonchev–Trinajstić information content (AvgIpc) is 1.84. The third-order valence-corrected chi connectivity index (χ3v) is 2.75. The van der Waals surface area contributed by atoms with Crippen LogP contribution in [-0.2, 0) is 0 Å². The van der Waals surface area contributed by atoms with Gasteiger partial charge in [-0.2, -0.15) is 0 Å². The summed E-state index contributed by atoms with van der Waals surface area (Å²) in [4.78, 5) is 0. The highest BCUT2D eigenvalue weighted by atomic mass is 28.2. The summed E-state index contributed by atoms with van der Waals surface area (Å²) in [5.41, 5.74) is 2.08. The van der Waals surface area contributed by atoms with Crippen LogP contribution < -0.4 is 10.6 Å². The van der Waals surface area contributed by atoms with Gasteiger partial charge in [0.1, 0.15) is 0 Å². The molecular weight excluding hydrogens is 164 g/mol. The Bertz CT molecular complexity index is 114. The summed E-state index contributed by atoms with van der Waals surface area (Å²) in [5, 5.41) is 6.98. The van der Waals surface area contributed by atoms with Gasteiger partial charge in [0.2, 0.25) is 0 Å². The Labute approximate surface area is 78.6 Å². The van der Waals surface area contributed by atoms with E-state index in [4.69, 9.17) is 0 Å². The SMILES string of the molecule is C=C[SiH2]C(NC(C)C)NC(C)C. The highest BCUT2D eigenvalue weighted by Crippen LogP contribution is 1.86. The lowest BCUT2D eigenvalue weighted by atomic mass is 10.4. The van der Waals surface area contributed by atoms with Gasteiger partial charge in [0.25, 0.3) is 0 Å². The van der Waals surface area contributed by atoms with Crippen LogP contribution in [0.1, 0.15) is 27.7 Å². The molecule has 2 N–H and O–H groups in total. The molecule has 0 amide bonds. The minimum atomic E-state index is -0.208. The van der Waals surface area contributed by atoms with Crippen molar-refractivity contribution in [2.75, 3.05) is 0 Å². The van der Waals surface area contributed by atoms with Gasteiger partial charge in [0, 0.05) is 17.9 Å². The van der Waals surface area contributed by atoms with Crippen molar-refractivity contribution in [3.05, 3.63) is 12.3 Å². The summed E-state index contributed by atoms with van der Waals surface area (Å²) >= 11 is 0. The molecule has 0 rings (SSSR count). The van der Waals surface area contributed by atoms with E-state index in [1.807, 2.05) is 0 Å². The maximum Gasteiger partial charge on any atom is 0.0818 e. The van der Waals surface area contributed by atoms with Crippen LogP contribution >= 0.6 is 0 Å². The van der Waals surface area contributed by atoms with Crippen molar-refractivity contribution in [2.45, 2.75) is 45.6 Å². The number of rotatable bonds is 6. The molecule has 0 aromatic heterocycles. The third-order valence-electron chi connectivity index (χ3n) is 1.47. The second-order valence-corrected chi connectivity index (χ2v) is 5.58. The van der Waals surface area contributed by atoms with Gasteiger partial charge in [-0.15, -0.1) is 12.3 Å². The molecule has 12 heavy (non-hydrogen) atoms. The molecule has 0 saturated heterocycles. The maximum atomic E-state index is 3.80. The van der Waals surface area contributed by atoms with Crippen LogP contribution in [0.4, 0.5) is 0 Å². The average molecular weight is 186 g/mol. The van der Waals surface area contributed by atoms with Gasteiger partial charge in [-0.05, 0) is 27.7 Å². The molecule has 2 nitrogen and oxygen atoms in total. The molecule has 0 spiro atoms. The summed E-state index contributed by atoms with van der Waals surface area (Å²) in [5.74, 6) is 0.502. The van der Waals surface area contributed by atoms with E-state index in [0.29, 0.717) is 17.9 Å². The highest BCUT2D eigenvalue weighted by molar-refractivity contribution is 6.43. The van der Waals surface area contributed by atoms with E-state index in [9.17, 15) is 0 Å². The van der Waals surface area contributed by atoms with Gasteiger partial charge in [0.05, 0.1) is 9.52 Å². The molecule has 0 aromatic rings. The molecule has 0 aliphatic rings. The van der Waals surface area contributed by atoms with Crippen LogP contribution in [0.2, 0.25) is 0 Å². The van der Waals surface area contributed by atoms with E-state index in [2.05, 4.69) is 50.6 Å². The molecule has 0 aliphatic heterocycles. The van der Waals surface area contributed by atoms with Crippen molar-refractivity contribution in [1.29, 1.82) is 0 Å². The zero-order valence-electron chi connectivity index (χ0n) is 8.72. The first-order chi connectivity index (χ1) is 5.56. The van der Waals surface area contributed by atoms with Crippen molar-refractivity contribution in [3.8, 4) is 0 Å². The molecule has 0 radical (unpaired) electrons. The van der Waals surface area contributed by atoms with Crippen LogP contribution in [0.5, 0.6) is 0 Å². The minimum Gasteiger partial charge on any atom is -0.303 e. The Hall–Kier alpha value is -0.123. The fourth-order valence-electron chi connectivity index (χ4n) is 1.16. The first kappa shape index (κ1) is 11.9. The van der Waals surface area contributed by atoms with Crippen molar-refractivity contribution < 1.29 is 0 Å². The summed E-state index contributed by atoms with van der Waals surface area (Å²) in [6.45, 7) is 12.5. The van der Waals surface area contributed by atoms with Gasteiger partial charge in [-0.3, -0.25) is 0 Å². The van der Waals surface area contributed by atoms with Crippen LogP contribution in [0.3, 0.4) is 0 Å². The molecule has 0 heterocycles. The minimum absolute atomic E-state index is 0.208. The van der Waals surface area contributed by atoms with E-state index in [1.165, 1.54) is 0 Å². The summed E-state index contributed by atoms with van der Waals surface area (Å²) in [6.07, 6.45) is 0. The zero-order valence-corrected chi connectivity index (χ0v) is 10.1. The molecule has 72 valence electrons. The second kappa shape index (κ2) is 6.40. The normalized spacial score (nSPS) is 12.6. The molecule has 0 aromatic carbocycles. The largest absolute Gasteiger partial charge is 0.303 e. The molecule has 0 bridgehead atoms. The van der Waals surface area contributed by atoms with Crippen LogP contribution in [-0.4, -0.2) is 27.4 Å². The number of hydrogen-bond acceptors (Lipinski definition) is 2. The topological polar surface area (TPSA) is 24.1 Å². The lowest BCUT2D eigenvalue weighted by Crippen LogP contribution is -2.51. The molecular formula is C9H22N2Si. The van der Waals surface area contributed by atoms with Crippen molar-refractivity contribution in [1.82, 2.24) is 10.6 Å². The molecule has 3 heteroatoms. The first-order valence-corrected chi connectivity index (χ1v) is 6.32. The Balaban J connectivity index is 3.77. The van der Waals surface area contributed by atoms with Crippen LogP contribution in [0.15, 0.2) is 12.3 Å². The second-order valence-electron chi connectivity index (χ2n) is 3.72. The smallest absolute Gasteiger partial charge is 0.0818 e. The summed E-state index contributed by atoms with van der Waals surface area (Å²) < 4.78 is 0. The number of nitrogens with one attached hydrogen (secondary N) is 2. The van der Waals surface area contributed by atoms with Gasteiger partial charge in [0.15, 0.2) is 0 Å². The Kier molecular flexibility index (Phi) is 6.33. The Morgan fingerprint density at radius 1 is 1.08 bits per heavy atom. The summed E-state index contributed by atoms with van der Waals surface area (Å²) in [6, 6.07) is 1.10. The van der Waals surface area contributed by atoms with E-state index >= 15 is 0 Å². The molecule has 0 atom stereocenters.